The highest BCUT2D eigenvalue weighted by Crippen LogP contribution is 2.34. The van der Waals surface area contributed by atoms with Crippen molar-refractivity contribution in [1.29, 1.82) is 5.26 Å². The number of thiophene rings is 1. The summed E-state index contributed by atoms with van der Waals surface area (Å²) in [5.41, 5.74) is 1.10. The lowest BCUT2D eigenvalue weighted by Gasteiger charge is -1.98. The SMILES string of the molecule is N#CCc1ccc(I)c2sc(S)cc12. The van der Waals surface area contributed by atoms with Crippen molar-refractivity contribution in [2.24, 2.45) is 0 Å². The van der Waals surface area contributed by atoms with Gasteiger partial charge in [-0.3, -0.25) is 0 Å². The van der Waals surface area contributed by atoms with Crippen LogP contribution in [0, 0.1) is 14.9 Å². The molecule has 0 saturated carbocycles. The second-order valence-electron chi connectivity index (χ2n) is 2.87. The van der Waals surface area contributed by atoms with E-state index in [2.05, 4.69) is 47.4 Å². The molecule has 0 aliphatic rings. The van der Waals surface area contributed by atoms with Crippen molar-refractivity contribution >= 4 is 56.6 Å². The Morgan fingerprint density at radius 2 is 2.29 bits per heavy atom. The molecule has 1 aromatic carbocycles. The van der Waals surface area contributed by atoms with Gasteiger partial charge in [0.25, 0.3) is 0 Å². The molecule has 0 N–H and O–H groups in total. The van der Waals surface area contributed by atoms with E-state index in [0.29, 0.717) is 6.42 Å². The Morgan fingerprint density at radius 1 is 1.50 bits per heavy atom. The van der Waals surface area contributed by atoms with Crippen LogP contribution in [0.25, 0.3) is 10.1 Å². The van der Waals surface area contributed by atoms with Crippen LogP contribution in [0.4, 0.5) is 0 Å². The van der Waals surface area contributed by atoms with Gasteiger partial charge >= 0.3 is 0 Å². The molecule has 1 aromatic heterocycles. The molecule has 70 valence electrons. The average molecular weight is 331 g/mol. The van der Waals surface area contributed by atoms with E-state index < -0.39 is 0 Å². The second-order valence-corrected chi connectivity index (χ2v) is 5.87. The third-order valence-electron chi connectivity index (χ3n) is 1.98. The van der Waals surface area contributed by atoms with Crippen LogP contribution in [0.1, 0.15) is 5.56 Å². The van der Waals surface area contributed by atoms with Gasteiger partial charge in [-0.15, -0.1) is 24.0 Å². The van der Waals surface area contributed by atoms with Gasteiger partial charge in [0, 0.05) is 8.27 Å². The Labute approximate surface area is 105 Å². The maximum Gasteiger partial charge on any atom is 0.0669 e. The van der Waals surface area contributed by atoms with Crippen LogP contribution >= 0.6 is 46.6 Å². The summed E-state index contributed by atoms with van der Waals surface area (Å²) >= 11 is 8.31. The first kappa shape index (κ1) is 10.3. The molecule has 0 unspecified atom stereocenters. The first-order chi connectivity index (χ1) is 6.72. The van der Waals surface area contributed by atoms with Crippen LogP contribution in [0.3, 0.4) is 0 Å². The number of halogens is 1. The van der Waals surface area contributed by atoms with Crippen molar-refractivity contribution in [2.75, 3.05) is 0 Å². The van der Waals surface area contributed by atoms with Gasteiger partial charge in [-0.05, 0) is 45.7 Å². The zero-order chi connectivity index (χ0) is 10.1. The monoisotopic (exact) mass is 331 g/mol. The summed E-state index contributed by atoms with van der Waals surface area (Å²) in [4.78, 5) is 0. The smallest absolute Gasteiger partial charge is 0.0669 e. The van der Waals surface area contributed by atoms with Gasteiger partial charge in [-0.1, -0.05) is 6.07 Å². The van der Waals surface area contributed by atoms with E-state index in [1.165, 1.54) is 13.7 Å². The number of nitrogens with zero attached hydrogens (tertiary/aromatic N) is 1. The molecule has 14 heavy (non-hydrogen) atoms. The topological polar surface area (TPSA) is 23.8 Å². The number of thiol groups is 1. The van der Waals surface area contributed by atoms with E-state index in [1.54, 1.807) is 11.3 Å². The van der Waals surface area contributed by atoms with E-state index in [1.807, 2.05) is 12.1 Å². The Morgan fingerprint density at radius 3 is 3.00 bits per heavy atom. The van der Waals surface area contributed by atoms with E-state index in [-0.39, 0.29) is 0 Å². The summed E-state index contributed by atoms with van der Waals surface area (Å²) in [5.74, 6) is 0. The van der Waals surface area contributed by atoms with Crippen molar-refractivity contribution in [3.63, 3.8) is 0 Å². The Bertz CT molecular complexity index is 525. The summed E-state index contributed by atoms with van der Waals surface area (Å²) < 4.78 is 3.47. The molecule has 0 amide bonds. The second kappa shape index (κ2) is 4.09. The molecule has 0 bridgehead atoms. The van der Waals surface area contributed by atoms with Gasteiger partial charge in [-0.25, -0.2) is 0 Å². The average Bonchev–Trinajstić information content (AvgIpc) is 2.53. The van der Waals surface area contributed by atoms with Crippen LogP contribution in [0.2, 0.25) is 0 Å². The molecular weight excluding hydrogens is 325 g/mol. The van der Waals surface area contributed by atoms with Crippen molar-refractivity contribution in [3.05, 3.63) is 27.3 Å². The standard InChI is InChI=1S/C10H6INS2/c11-8-2-1-6(3-4-12)7-5-9(13)14-10(7)8/h1-2,5,13H,3H2. The molecule has 4 heteroatoms. The Kier molecular flexibility index (Phi) is 3.00. The summed E-state index contributed by atoms with van der Waals surface area (Å²) in [5, 5.41) is 9.86. The molecule has 1 heterocycles. The van der Waals surface area contributed by atoms with Crippen molar-refractivity contribution in [1.82, 2.24) is 0 Å². The lowest BCUT2D eigenvalue weighted by Crippen LogP contribution is -1.83. The Balaban J connectivity index is 2.75. The molecule has 0 aliphatic carbocycles. The van der Waals surface area contributed by atoms with Gasteiger partial charge in [0.1, 0.15) is 0 Å². The highest BCUT2D eigenvalue weighted by Gasteiger charge is 2.07. The van der Waals surface area contributed by atoms with Crippen molar-refractivity contribution in [3.8, 4) is 6.07 Å². The number of nitriles is 1. The summed E-state index contributed by atoms with van der Waals surface area (Å²) in [6, 6.07) is 8.30. The largest absolute Gasteiger partial charge is 0.198 e. The zero-order valence-corrected chi connectivity index (χ0v) is 11.0. The lowest BCUT2D eigenvalue weighted by atomic mass is 10.1. The fourth-order valence-corrected chi connectivity index (χ4v) is 3.43. The summed E-state index contributed by atoms with van der Waals surface area (Å²) in [6.07, 6.45) is 0.470. The Hall–Kier alpha value is -0.250. The highest BCUT2D eigenvalue weighted by molar-refractivity contribution is 14.1. The number of hydrogen-bond donors (Lipinski definition) is 1. The van der Waals surface area contributed by atoms with Crippen LogP contribution in [0.5, 0.6) is 0 Å². The predicted octanol–water partition coefficient (Wildman–Crippen LogP) is 3.86. The van der Waals surface area contributed by atoms with Crippen molar-refractivity contribution < 1.29 is 0 Å². The number of hydrogen-bond acceptors (Lipinski definition) is 3. The fraction of sp³-hybridized carbons (Fsp3) is 0.100. The number of rotatable bonds is 1. The van der Waals surface area contributed by atoms with Crippen LogP contribution in [-0.2, 0) is 6.42 Å². The minimum Gasteiger partial charge on any atom is -0.198 e. The van der Waals surface area contributed by atoms with Crippen LogP contribution in [-0.4, -0.2) is 0 Å². The molecule has 0 fully saturated rings. The first-order valence-corrected chi connectivity index (χ1v) is 6.33. The molecular formula is C10H6INS2. The quantitative estimate of drug-likeness (QED) is 0.623. The van der Waals surface area contributed by atoms with Crippen LogP contribution < -0.4 is 0 Å². The molecule has 2 aromatic rings. The normalized spacial score (nSPS) is 10.4. The molecule has 0 atom stereocenters. The molecule has 0 aliphatic heterocycles. The molecule has 0 saturated heterocycles. The van der Waals surface area contributed by atoms with Gasteiger partial charge in [0.05, 0.1) is 16.7 Å². The minimum atomic E-state index is 0.470. The fourth-order valence-electron chi connectivity index (χ4n) is 1.37. The van der Waals surface area contributed by atoms with Crippen LogP contribution in [0.15, 0.2) is 22.4 Å². The number of benzene rings is 1. The summed E-state index contributed by atoms with van der Waals surface area (Å²) in [6.45, 7) is 0. The molecule has 0 radical (unpaired) electrons. The molecule has 0 spiro atoms. The minimum absolute atomic E-state index is 0.470. The number of fused-ring (bicyclic) bond motifs is 1. The predicted molar refractivity (Wildman–Crippen MR) is 71.1 cm³/mol. The maximum atomic E-state index is 8.69. The van der Waals surface area contributed by atoms with Gasteiger partial charge in [0.2, 0.25) is 0 Å². The van der Waals surface area contributed by atoms with Gasteiger partial charge < -0.3 is 0 Å². The van der Waals surface area contributed by atoms with E-state index in [9.17, 15) is 0 Å². The van der Waals surface area contributed by atoms with Gasteiger partial charge in [-0.2, -0.15) is 5.26 Å². The highest BCUT2D eigenvalue weighted by atomic mass is 127. The third-order valence-corrected chi connectivity index (χ3v) is 4.62. The van der Waals surface area contributed by atoms with E-state index in [0.717, 1.165) is 9.77 Å². The zero-order valence-electron chi connectivity index (χ0n) is 7.12. The third kappa shape index (κ3) is 1.76. The molecule has 2 rings (SSSR count). The van der Waals surface area contributed by atoms with E-state index >= 15 is 0 Å². The summed E-state index contributed by atoms with van der Waals surface area (Å²) in [7, 11) is 0. The van der Waals surface area contributed by atoms with E-state index in [4.69, 9.17) is 5.26 Å². The maximum absolute atomic E-state index is 8.69. The lowest BCUT2D eigenvalue weighted by molar-refractivity contribution is 1.29. The van der Waals surface area contributed by atoms with Gasteiger partial charge in [0.15, 0.2) is 0 Å². The molecule has 1 nitrogen and oxygen atoms in total. The van der Waals surface area contributed by atoms with Crippen molar-refractivity contribution in [2.45, 2.75) is 10.6 Å². The first-order valence-electron chi connectivity index (χ1n) is 3.99.